The molecule has 2 aromatic rings. The average Bonchev–Trinajstić information content (AvgIpc) is 2.41. The van der Waals surface area contributed by atoms with Crippen molar-refractivity contribution in [3.63, 3.8) is 0 Å². The molecule has 112 valence electrons. The monoisotopic (exact) mass is 312 g/mol. The Morgan fingerprint density at radius 2 is 1.71 bits per heavy atom. The van der Waals surface area contributed by atoms with E-state index in [4.69, 9.17) is 4.18 Å². The number of hydrogen-bond donors (Lipinski definition) is 0. The Labute approximate surface area is 122 Å². The molecule has 3 nitrogen and oxygen atoms in total. The van der Waals surface area contributed by atoms with Crippen molar-refractivity contribution in [2.24, 2.45) is 0 Å². The maximum Gasteiger partial charge on any atom is 0.296 e. The van der Waals surface area contributed by atoms with Gasteiger partial charge in [-0.15, -0.1) is 0 Å². The van der Waals surface area contributed by atoms with E-state index < -0.39 is 21.8 Å². The molecule has 0 bridgehead atoms. The summed E-state index contributed by atoms with van der Waals surface area (Å²) < 4.78 is 54.8. The zero-order valence-electron chi connectivity index (χ0n) is 11.3. The molecule has 0 fully saturated rings. The summed E-state index contributed by atoms with van der Waals surface area (Å²) in [7, 11) is -3.86. The molecule has 0 aromatic heterocycles. The van der Waals surface area contributed by atoms with E-state index in [1.807, 2.05) is 6.92 Å². The van der Waals surface area contributed by atoms with Gasteiger partial charge in [-0.05, 0) is 30.7 Å². The summed E-state index contributed by atoms with van der Waals surface area (Å²) in [6, 6.07) is 9.36. The van der Waals surface area contributed by atoms with Crippen LogP contribution in [0.2, 0.25) is 0 Å². The number of halogens is 2. The molecule has 0 aliphatic rings. The lowest BCUT2D eigenvalue weighted by atomic mass is 10.1. The largest absolute Gasteiger partial charge is 0.296 e. The number of benzene rings is 2. The minimum absolute atomic E-state index is 0.0389. The van der Waals surface area contributed by atoms with Gasteiger partial charge >= 0.3 is 0 Å². The zero-order chi connectivity index (χ0) is 15.5. The van der Waals surface area contributed by atoms with Crippen molar-refractivity contribution in [3.8, 4) is 0 Å². The molecule has 0 saturated carbocycles. The fourth-order valence-corrected chi connectivity index (χ4v) is 2.67. The van der Waals surface area contributed by atoms with Crippen LogP contribution in [0.4, 0.5) is 8.78 Å². The lowest BCUT2D eigenvalue weighted by Crippen LogP contribution is -2.10. The molecule has 21 heavy (non-hydrogen) atoms. The average molecular weight is 312 g/mol. The van der Waals surface area contributed by atoms with E-state index in [-0.39, 0.29) is 23.5 Å². The fraction of sp³-hybridized carbons (Fsp3) is 0.200. The molecule has 0 atom stereocenters. The highest BCUT2D eigenvalue weighted by molar-refractivity contribution is 7.86. The third-order valence-corrected chi connectivity index (χ3v) is 4.26. The molecule has 6 heteroatoms. The van der Waals surface area contributed by atoms with Crippen LogP contribution in [-0.2, 0) is 20.7 Å². The lowest BCUT2D eigenvalue weighted by molar-refractivity contribution is 0.320. The van der Waals surface area contributed by atoms with Gasteiger partial charge < -0.3 is 0 Å². The first kappa shape index (κ1) is 15.6. The van der Waals surface area contributed by atoms with Crippen LogP contribution in [0.15, 0.2) is 47.4 Å². The molecule has 0 aliphatic heterocycles. The smallest absolute Gasteiger partial charge is 0.266 e. The van der Waals surface area contributed by atoms with E-state index >= 15 is 0 Å². The van der Waals surface area contributed by atoms with E-state index in [9.17, 15) is 17.2 Å². The van der Waals surface area contributed by atoms with Crippen molar-refractivity contribution < 1.29 is 21.4 Å². The van der Waals surface area contributed by atoms with Gasteiger partial charge in [0.1, 0.15) is 11.6 Å². The zero-order valence-corrected chi connectivity index (χ0v) is 12.2. The van der Waals surface area contributed by atoms with Gasteiger partial charge in [-0.1, -0.05) is 23.8 Å². The van der Waals surface area contributed by atoms with Crippen molar-refractivity contribution in [2.45, 2.75) is 18.2 Å². The quantitative estimate of drug-likeness (QED) is 0.796. The van der Waals surface area contributed by atoms with Gasteiger partial charge in [0, 0.05) is 12.5 Å². The van der Waals surface area contributed by atoms with Crippen LogP contribution in [0.1, 0.15) is 11.1 Å². The molecule has 0 amide bonds. The summed E-state index contributed by atoms with van der Waals surface area (Å²) in [5, 5.41) is 0. The fourth-order valence-electron chi connectivity index (χ4n) is 1.76. The molecular formula is C15H14F2O3S. The first-order chi connectivity index (χ1) is 9.88. The van der Waals surface area contributed by atoms with Gasteiger partial charge in [-0.2, -0.15) is 8.42 Å². The maximum absolute atomic E-state index is 13.4. The number of hydrogen-bond acceptors (Lipinski definition) is 3. The molecule has 2 rings (SSSR count). The van der Waals surface area contributed by atoms with E-state index in [1.54, 1.807) is 12.1 Å². The molecule has 2 aromatic carbocycles. The Kier molecular flexibility index (Phi) is 4.69. The molecular weight excluding hydrogens is 298 g/mol. The van der Waals surface area contributed by atoms with E-state index in [2.05, 4.69) is 0 Å². The van der Waals surface area contributed by atoms with Crippen molar-refractivity contribution in [2.75, 3.05) is 6.61 Å². The highest BCUT2D eigenvalue weighted by atomic mass is 32.2. The van der Waals surface area contributed by atoms with E-state index in [0.29, 0.717) is 0 Å². The number of aryl methyl sites for hydroxylation is 1. The summed E-state index contributed by atoms with van der Waals surface area (Å²) in [5.41, 5.74) is 1.14. The van der Waals surface area contributed by atoms with Gasteiger partial charge in [0.15, 0.2) is 0 Å². The van der Waals surface area contributed by atoms with Gasteiger partial charge in [-0.25, -0.2) is 8.78 Å². The number of rotatable bonds is 5. The summed E-state index contributed by atoms with van der Waals surface area (Å²) in [4.78, 5) is 0.0488. The van der Waals surface area contributed by atoms with Gasteiger partial charge in [-0.3, -0.25) is 4.18 Å². The van der Waals surface area contributed by atoms with E-state index in [1.165, 1.54) is 18.2 Å². The van der Waals surface area contributed by atoms with Gasteiger partial charge in [0.25, 0.3) is 10.1 Å². The summed E-state index contributed by atoms with van der Waals surface area (Å²) in [6.45, 7) is 1.63. The highest BCUT2D eigenvalue weighted by Gasteiger charge is 2.15. The van der Waals surface area contributed by atoms with Crippen LogP contribution >= 0.6 is 0 Å². The van der Waals surface area contributed by atoms with Crippen LogP contribution < -0.4 is 0 Å². The third kappa shape index (κ3) is 4.09. The lowest BCUT2D eigenvalue weighted by Gasteiger charge is -2.07. The minimum Gasteiger partial charge on any atom is -0.266 e. The van der Waals surface area contributed by atoms with Crippen LogP contribution in [0.5, 0.6) is 0 Å². The molecule has 0 heterocycles. The van der Waals surface area contributed by atoms with Crippen LogP contribution in [-0.4, -0.2) is 15.0 Å². The Hall–Kier alpha value is -1.79. The highest BCUT2D eigenvalue weighted by Crippen LogP contribution is 2.15. The SMILES string of the molecule is Cc1ccc(S(=O)(=O)OCCc2ccc(F)cc2F)cc1. The Balaban J connectivity index is 2.00. The Bertz CT molecular complexity index is 725. The molecule has 0 spiro atoms. The second-order valence-electron chi connectivity index (χ2n) is 4.57. The van der Waals surface area contributed by atoms with Crippen molar-refractivity contribution in [1.29, 1.82) is 0 Å². The molecule has 0 N–H and O–H groups in total. The normalized spacial score (nSPS) is 11.6. The summed E-state index contributed by atoms with van der Waals surface area (Å²) >= 11 is 0. The van der Waals surface area contributed by atoms with Gasteiger partial charge in [0.05, 0.1) is 11.5 Å². The maximum atomic E-state index is 13.4. The second-order valence-corrected chi connectivity index (χ2v) is 6.19. The van der Waals surface area contributed by atoms with Crippen molar-refractivity contribution >= 4 is 10.1 Å². The Morgan fingerprint density at radius 3 is 2.33 bits per heavy atom. The Morgan fingerprint density at radius 1 is 1.05 bits per heavy atom. The van der Waals surface area contributed by atoms with Crippen molar-refractivity contribution in [1.82, 2.24) is 0 Å². The predicted octanol–water partition coefficient (Wildman–Crippen LogP) is 3.22. The predicted molar refractivity (Wildman–Crippen MR) is 74.4 cm³/mol. The summed E-state index contributed by atoms with van der Waals surface area (Å²) in [5.74, 6) is -1.39. The molecule has 0 aliphatic carbocycles. The van der Waals surface area contributed by atoms with Gasteiger partial charge in [0.2, 0.25) is 0 Å². The molecule has 0 radical (unpaired) electrons. The van der Waals surface area contributed by atoms with Crippen LogP contribution in [0.25, 0.3) is 0 Å². The minimum atomic E-state index is -3.86. The van der Waals surface area contributed by atoms with Crippen LogP contribution in [0, 0.1) is 18.6 Å². The van der Waals surface area contributed by atoms with E-state index in [0.717, 1.165) is 17.7 Å². The summed E-state index contributed by atoms with van der Waals surface area (Å²) in [6.07, 6.45) is 0.0389. The second kappa shape index (κ2) is 6.32. The topological polar surface area (TPSA) is 43.4 Å². The molecule has 0 unspecified atom stereocenters. The van der Waals surface area contributed by atoms with Crippen LogP contribution in [0.3, 0.4) is 0 Å². The molecule has 0 saturated heterocycles. The van der Waals surface area contributed by atoms with Crippen molar-refractivity contribution in [3.05, 3.63) is 65.2 Å². The third-order valence-electron chi connectivity index (χ3n) is 2.93. The first-order valence-corrected chi connectivity index (χ1v) is 7.69. The standard InChI is InChI=1S/C15H14F2O3S/c1-11-2-6-14(7-3-11)21(18,19)20-9-8-12-4-5-13(16)10-15(12)17/h2-7,10H,8-9H2,1H3. The first-order valence-electron chi connectivity index (χ1n) is 6.28.